The number of aromatic nitrogens is 1. The van der Waals surface area contributed by atoms with Crippen molar-refractivity contribution in [3.8, 4) is 11.5 Å². The summed E-state index contributed by atoms with van der Waals surface area (Å²) in [4.78, 5) is 17.3. The van der Waals surface area contributed by atoms with Crippen LogP contribution in [0.15, 0.2) is 89.3 Å². The van der Waals surface area contributed by atoms with Crippen LogP contribution in [0.1, 0.15) is 10.4 Å². The minimum Gasteiger partial charge on any atom is -0.436 e. The van der Waals surface area contributed by atoms with E-state index in [2.05, 4.69) is 32.9 Å². The Hall–Kier alpha value is -3.19. The molecule has 0 spiro atoms. The lowest BCUT2D eigenvalue weighted by Crippen LogP contribution is -2.11. The monoisotopic (exact) mass is 490 g/mol. The second-order valence-corrected chi connectivity index (χ2v) is 7.97. The first-order valence-corrected chi connectivity index (χ1v) is 10.2. The predicted molar refractivity (Wildman–Crippen MR) is 124 cm³/mol. The molecule has 29 heavy (non-hydrogen) atoms. The number of nitrogens with one attached hydrogen (secondary N) is 1. The number of fused-ring (bicyclic) bond motifs is 2. The number of hydrogen-bond acceptors (Lipinski definition) is 3. The summed E-state index contributed by atoms with van der Waals surface area (Å²) in [7, 11) is 0. The Balaban J connectivity index is 1.43. The highest BCUT2D eigenvalue weighted by atomic mass is 127. The highest BCUT2D eigenvalue weighted by Gasteiger charge is 2.11. The van der Waals surface area contributed by atoms with Gasteiger partial charge in [-0.1, -0.05) is 36.4 Å². The Morgan fingerprint density at radius 1 is 0.862 bits per heavy atom. The van der Waals surface area contributed by atoms with Gasteiger partial charge in [-0.25, -0.2) is 4.98 Å². The van der Waals surface area contributed by atoms with Crippen LogP contribution in [0.5, 0.6) is 0 Å². The Morgan fingerprint density at radius 2 is 1.72 bits per heavy atom. The van der Waals surface area contributed by atoms with Gasteiger partial charge in [0, 0.05) is 20.4 Å². The van der Waals surface area contributed by atoms with Crippen molar-refractivity contribution < 1.29 is 9.21 Å². The molecule has 0 bridgehead atoms. The molecule has 4 aromatic carbocycles. The molecule has 0 saturated carbocycles. The zero-order valence-electron chi connectivity index (χ0n) is 15.2. The first-order valence-electron chi connectivity index (χ1n) is 9.12. The van der Waals surface area contributed by atoms with Crippen LogP contribution in [0.25, 0.3) is 33.3 Å². The number of halogens is 1. The minimum atomic E-state index is -0.156. The van der Waals surface area contributed by atoms with Gasteiger partial charge in [0.2, 0.25) is 5.89 Å². The van der Waals surface area contributed by atoms with Gasteiger partial charge in [0.1, 0.15) is 5.52 Å². The van der Waals surface area contributed by atoms with Crippen LogP contribution < -0.4 is 5.32 Å². The summed E-state index contributed by atoms with van der Waals surface area (Å²) in [6.45, 7) is 0. The van der Waals surface area contributed by atoms with Gasteiger partial charge >= 0.3 is 0 Å². The predicted octanol–water partition coefficient (Wildman–Crippen LogP) is 6.50. The van der Waals surface area contributed by atoms with E-state index in [-0.39, 0.29) is 5.91 Å². The standard InChI is InChI=1S/C24H15IN2O2/c25-19-7-3-6-18(13-19)24-27-21-14-20(10-11-22(21)29-24)26-23(28)17-9-8-15-4-1-2-5-16(15)12-17/h1-14H,(H,26,28). The molecule has 5 heteroatoms. The van der Waals surface area contributed by atoms with Crippen molar-refractivity contribution in [1.29, 1.82) is 0 Å². The van der Waals surface area contributed by atoms with Crippen LogP contribution in [-0.4, -0.2) is 10.9 Å². The molecule has 0 aliphatic heterocycles. The second-order valence-electron chi connectivity index (χ2n) is 6.73. The quantitative estimate of drug-likeness (QED) is 0.294. The van der Waals surface area contributed by atoms with E-state index in [1.54, 1.807) is 0 Å². The number of anilines is 1. The fourth-order valence-electron chi connectivity index (χ4n) is 3.28. The van der Waals surface area contributed by atoms with Crippen molar-refractivity contribution in [3.05, 3.63) is 94.1 Å². The van der Waals surface area contributed by atoms with Crippen LogP contribution in [-0.2, 0) is 0 Å². The van der Waals surface area contributed by atoms with Crippen molar-refractivity contribution in [3.63, 3.8) is 0 Å². The molecule has 1 aromatic heterocycles. The highest BCUT2D eigenvalue weighted by Crippen LogP contribution is 2.27. The summed E-state index contributed by atoms with van der Waals surface area (Å²) < 4.78 is 6.99. The molecule has 5 rings (SSSR count). The first kappa shape index (κ1) is 17.9. The van der Waals surface area contributed by atoms with Gasteiger partial charge in [-0.15, -0.1) is 0 Å². The van der Waals surface area contributed by atoms with Crippen LogP contribution in [0.3, 0.4) is 0 Å². The Bertz CT molecular complexity index is 1370. The molecular weight excluding hydrogens is 475 g/mol. The van der Waals surface area contributed by atoms with Gasteiger partial charge < -0.3 is 9.73 Å². The summed E-state index contributed by atoms with van der Waals surface area (Å²) in [6.07, 6.45) is 0. The summed E-state index contributed by atoms with van der Waals surface area (Å²) >= 11 is 2.26. The van der Waals surface area contributed by atoms with Crippen LogP contribution in [0.4, 0.5) is 5.69 Å². The van der Waals surface area contributed by atoms with E-state index in [9.17, 15) is 4.79 Å². The zero-order valence-corrected chi connectivity index (χ0v) is 17.4. The molecule has 0 saturated heterocycles. The molecule has 0 aliphatic rings. The third-order valence-electron chi connectivity index (χ3n) is 4.73. The van der Waals surface area contributed by atoms with Crippen LogP contribution >= 0.6 is 22.6 Å². The summed E-state index contributed by atoms with van der Waals surface area (Å²) in [5, 5.41) is 5.10. The maximum atomic E-state index is 12.7. The highest BCUT2D eigenvalue weighted by molar-refractivity contribution is 14.1. The van der Waals surface area contributed by atoms with Gasteiger partial charge in [-0.3, -0.25) is 4.79 Å². The molecule has 5 aromatic rings. The molecule has 140 valence electrons. The third kappa shape index (κ3) is 3.61. The number of amides is 1. The second kappa shape index (κ2) is 7.33. The topological polar surface area (TPSA) is 55.1 Å². The van der Waals surface area contributed by atoms with E-state index in [0.717, 1.165) is 19.9 Å². The average molecular weight is 490 g/mol. The van der Waals surface area contributed by atoms with E-state index >= 15 is 0 Å². The molecule has 1 N–H and O–H groups in total. The Labute approximate surface area is 180 Å². The molecule has 0 radical (unpaired) electrons. The molecule has 1 amide bonds. The maximum Gasteiger partial charge on any atom is 0.255 e. The summed E-state index contributed by atoms with van der Waals surface area (Å²) in [6, 6.07) is 27.1. The van der Waals surface area contributed by atoms with Crippen LogP contribution in [0, 0.1) is 3.57 Å². The Morgan fingerprint density at radius 3 is 2.59 bits per heavy atom. The minimum absolute atomic E-state index is 0.156. The number of nitrogens with zero attached hydrogens (tertiary/aromatic N) is 1. The maximum absolute atomic E-state index is 12.7. The van der Waals surface area contributed by atoms with Gasteiger partial charge in [0.25, 0.3) is 5.91 Å². The lowest BCUT2D eigenvalue weighted by Gasteiger charge is -2.06. The molecule has 1 heterocycles. The number of carbonyl (C=O) groups excluding carboxylic acids is 1. The molecule has 0 aliphatic carbocycles. The lowest BCUT2D eigenvalue weighted by atomic mass is 10.1. The smallest absolute Gasteiger partial charge is 0.255 e. The normalized spacial score (nSPS) is 11.1. The van der Waals surface area contributed by atoms with E-state index < -0.39 is 0 Å². The molecule has 4 nitrogen and oxygen atoms in total. The molecular formula is C24H15IN2O2. The van der Waals surface area contributed by atoms with Crippen molar-refractivity contribution >= 4 is 56.1 Å². The lowest BCUT2D eigenvalue weighted by molar-refractivity contribution is 0.102. The fourth-order valence-corrected chi connectivity index (χ4v) is 3.83. The number of hydrogen-bond donors (Lipinski definition) is 1. The van der Waals surface area contributed by atoms with Crippen molar-refractivity contribution in [2.45, 2.75) is 0 Å². The third-order valence-corrected chi connectivity index (χ3v) is 5.40. The SMILES string of the molecule is O=C(Nc1ccc2oc(-c3cccc(I)c3)nc2c1)c1ccc2ccccc2c1. The largest absolute Gasteiger partial charge is 0.436 e. The summed E-state index contributed by atoms with van der Waals surface area (Å²) in [5.41, 5.74) is 3.61. The summed E-state index contributed by atoms with van der Waals surface area (Å²) in [5.74, 6) is 0.410. The van der Waals surface area contributed by atoms with E-state index in [4.69, 9.17) is 4.42 Å². The molecule has 0 fully saturated rings. The molecule has 0 atom stereocenters. The first-order chi connectivity index (χ1) is 14.2. The van der Waals surface area contributed by atoms with Gasteiger partial charge in [-0.05, 0) is 81.9 Å². The number of rotatable bonds is 3. The van der Waals surface area contributed by atoms with Gasteiger partial charge in [0.05, 0.1) is 0 Å². The molecule has 0 unspecified atom stereocenters. The number of carbonyl (C=O) groups is 1. The van der Waals surface area contributed by atoms with Gasteiger partial charge in [-0.2, -0.15) is 0 Å². The number of oxazole rings is 1. The number of benzene rings is 4. The van der Waals surface area contributed by atoms with E-state index in [1.807, 2.05) is 84.9 Å². The van der Waals surface area contributed by atoms with E-state index in [1.165, 1.54) is 0 Å². The van der Waals surface area contributed by atoms with E-state index in [0.29, 0.717) is 28.2 Å². The van der Waals surface area contributed by atoms with Gasteiger partial charge in [0.15, 0.2) is 5.58 Å². The average Bonchev–Trinajstić information content (AvgIpc) is 3.17. The van der Waals surface area contributed by atoms with Crippen molar-refractivity contribution in [2.24, 2.45) is 0 Å². The fraction of sp³-hybridized carbons (Fsp3) is 0. The zero-order chi connectivity index (χ0) is 19.8. The Kier molecular flexibility index (Phi) is 4.52. The van der Waals surface area contributed by atoms with Crippen molar-refractivity contribution in [2.75, 3.05) is 5.32 Å². The van der Waals surface area contributed by atoms with Crippen LogP contribution in [0.2, 0.25) is 0 Å². The van der Waals surface area contributed by atoms with Crippen molar-refractivity contribution in [1.82, 2.24) is 4.98 Å².